The molecule has 0 fully saturated rings. The molecule has 2 aromatic carbocycles. The van der Waals surface area contributed by atoms with Gasteiger partial charge in [-0.05, 0) is 54.7 Å². The topological polar surface area (TPSA) is 128 Å². The van der Waals surface area contributed by atoms with E-state index in [0.717, 1.165) is 11.1 Å². The molecule has 0 atom stereocenters. The van der Waals surface area contributed by atoms with E-state index in [4.69, 9.17) is 0 Å². The zero-order valence-electron chi connectivity index (χ0n) is 19.3. The van der Waals surface area contributed by atoms with Gasteiger partial charge in [0, 0.05) is 12.2 Å². The zero-order chi connectivity index (χ0) is 24.4. The van der Waals surface area contributed by atoms with Crippen molar-refractivity contribution >= 4 is 21.8 Å². The first-order valence-corrected chi connectivity index (χ1v) is 11.9. The molecule has 176 valence electrons. The molecular formula is C23H29N5O4S. The van der Waals surface area contributed by atoms with Crippen LogP contribution in [0, 0.1) is 5.41 Å². The number of anilines is 1. The molecule has 0 bridgehead atoms. The SMILES string of the molecule is CC(C)(C)CN(C(=O)O)c1cccc(-c2ccc(S(=O)(=O)NC(C)(C)c3cn[nH]n3)cc2)c1. The molecule has 0 radical (unpaired) electrons. The van der Waals surface area contributed by atoms with Crippen LogP contribution in [-0.4, -0.2) is 41.6 Å². The number of hydrogen-bond acceptors (Lipinski definition) is 5. The molecular weight excluding hydrogens is 442 g/mol. The minimum atomic E-state index is -3.81. The summed E-state index contributed by atoms with van der Waals surface area (Å²) in [5, 5.41) is 19.9. The molecule has 1 amide bonds. The maximum atomic E-state index is 12.9. The van der Waals surface area contributed by atoms with Crippen LogP contribution in [0.25, 0.3) is 11.1 Å². The number of benzene rings is 2. The molecule has 3 N–H and O–H groups in total. The zero-order valence-corrected chi connectivity index (χ0v) is 20.1. The highest BCUT2D eigenvalue weighted by atomic mass is 32.2. The predicted octanol–water partition coefficient (Wildman–Crippen LogP) is 4.22. The Morgan fingerprint density at radius 2 is 1.73 bits per heavy atom. The normalized spacial score (nSPS) is 12.5. The summed E-state index contributed by atoms with van der Waals surface area (Å²) < 4.78 is 28.4. The van der Waals surface area contributed by atoms with E-state index in [-0.39, 0.29) is 10.3 Å². The lowest BCUT2D eigenvalue weighted by molar-refractivity contribution is 0.198. The molecule has 0 spiro atoms. The number of nitrogens with one attached hydrogen (secondary N) is 2. The van der Waals surface area contributed by atoms with Gasteiger partial charge >= 0.3 is 6.09 Å². The summed E-state index contributed by atoms with van der Waals surface area (Å²) in [6.45, 7) is 9.68. The summed E-state index contributed by atoms with van der Waals surface area (Å²) in [4.78, 5) is 13.2. The minimum absolute atomic E-state index is 0.110. The van der Waals surface area contributed by atoms with Crippen LogP contribution in [0.5, 0.6) is 0 Å². The first kappa shape index (κ1) is 24.4. The van der Waals surface area contributed by atoms with Gasteiger partial charge in [-0.1, -0.05) is 45.0 Å². The smallest absolute Gasteiger partial charge is 0.411 e. The van der Waals surface area contributed by atoms with Crippen molar-refractivity contribution in [3.8, 4) is 11.1 Å². The predicted molar refractivity (Wildman–Crippen MR) is 126 cm³/mol. The van der Waals surface area contributed by atoms with Gasteiger partial charge in [0.1, 0.15) is 5.69 Å². The van der Waals surface area contributed by atoms with E-state index >= 15 is 0 Å². The Bertz CT molecular complexity index is 1210. The summed E-state index contributed by atoms with van der Waals surface area (Å²) >= 11 is 0. The van der Waals surface area contributed by atoms with Crippen molar-refractivity contribution in [3.63, 3.8) is 0 Å². The Morgan fingerprint density at radius 3 is 2.27 bits per heavy atom. The molecule has 3 rings (SSSR count). The van der Waals surface area contributed by atoms with E-state index in [0.29, 0.717) is 17.9 Å². The number of aromatic amines is 1. The number of carboxylic acid groups (broad SMARTS) is 1. The average molecular weight is 472 g/mol. The standard InChI is InChI=1S/C23H29N5O4S/c1-22(2,3)15-28(21(29)30)18-8-6-7-17(13-18)16-9-11-19(12-10-16)33(31,32)26-23(4,5)20-14-24-27-25-20/h6-14,26H,15H2,1-5H3,(H,29,30)(H,24,25,27). The largest absolute Gasteiger partial charge is 0.465 e. The number of amides is 1. The van der Waals surface area contributed by atoms with Gasteiger partial charge in [0.05, 0.1) is 16.6 Å². The second-order valence-corrected chi connectivity index (χ2v) is 11.3. The summed E-state index contributed by atoms with van der Waals surface area (Å²) in [6, 6.07) is 13.6. The van der Waals surface area contributed by atoms with Gasteiger partial charge in [-0.25, -0.2) is 13.2 Å². The van der Waals surface area contributed by atoms with Crippen molar-refractivity contribution in [2.75, 3.05) is 11.4 Å². The lowest BCUT2D eigenvalue weighted by Crippen LogP contribution is -2.41. The Balaban J connectivity index is 1.85. The van der Waals surface area contributed by atoms with Gasteiger partial charge < -0.3 is 5.11 Å². The molecule has 10 heteroatoms. The van der Waals surface area contributed by atoms with Crippen LogP contribution in [0.1, 0.15) is 40.3 Å². The van der Waals surface area contributed by atoms with Gasteiger partial charge in [-0.2, -0.15) is 20.1 Å². The van der Waals surface area contributed by atoms with E-state index in [2.05, 4.69) is 20.1 Å². The molecule has 0 aliphatic heterocycles. The maximum absolute atomic E-state index is 12.9. The highest BCUT2D eigenvalue weighted by Crippen LogP contribution is 2.29. The van der Waals surface area contributed by atoms with E-state index in [1.165, 1.54) is 23.2 Å². The number of rotatable bonds is 7. The number of carbonyl (C=O) groups is 1. The lowest BCUT2D eigenvalue weighted by atomic mass is 9.95. The highest BCUT2D eigenvalue weighted by Gasteiger charge is 2.30. The van der Waals surface area contributed by atoms with Gasteiger partial charge in [0.15, 0.2) is 0 Å². The Morgan fingerprint density at radius 1 is 1.06 bits per heavy atom. The number of hydrogen-bond donors (Lipinski definition) is 3. The average Bonchev–Trinajstić information content (AvgIpc) is 3.27. The van der Waals surface area contributed by atoms with E-state index < -0.39 is 21.7 Å². The van der Waals surface area contributed by atoms with E-state index in [9.17, 15) is 18.3 Å². The van der Waals surface area contributed by atoms with Crippen molar-refractivity contribution < 1.29 is 18.3 Å². The van der Waals surface area contributed by atoms with Crippen molar-refractivity contribution in [1.82, 2.24) is 20.1 Å². The van der Waals surface area contributed by atoms with Crippen LogP contribution >= 0.6 is 0 Å². The molecule has 33 heavy (non-hydrogen) atoms. The van der Waals surface area contributed by atoms with Crippen molar-refractivity contribution in [2.45, 2.75) is 45.1 Å². The number of nitrogens with zero attached hydrogens (tertiary/aromatic N) is 3. The second-order valence-electron chi connectivity index (χ2n) is 9.59. The van der Waals surface area contributed by atoms with Gasteiger partial charge in [0.25, 0.3) is 0 Å². The van der Waals surface area contributed by atoms with Gasteiger partial charge in [-0.15, -0.1) is 0 Å². The van der Waals surface area contributed by atoms with Gasteiger partial charge in [0.2, 0.25) is 10.0 Å². The molecule has 9 nitrogen and oxygen atoms in total. The number of aromatic nitrogens is 3. The maximum Gasteiger partial charge on any atom is 0.411 e. The summed E-state index contributed by atoms with van der Waals surface area (Å²) in [5.74, 6) is 0. The number of sulfonamides is 1. The van der Waals surface area contributed by atoms with Crippen LogP contribution in [0.4, 0.5) is 10.5 Å². The third-order valence-corrected chi connectivity index (χ3v) is 6.64. The molecule has 3 aromatic rings. The van der Waals surface area contributed by atoms with Crippen LogP contribution in [0.2, 0.25) is 0 Å². The van der Waals surface area contributed by atoms with Crippen molar-refractivity contribution in [1.29, 1.82) is 0 Å². The quantitative estimate of drug-likeness (QED) is 0.473. The van der Waals surface area contributed by atoms with Crippen LogP contribution < -0.4 is 9.62 Å². The van der Waals surface area contributed by atoms with Crippen molar-refractivity contribution in [2.24, 2.45) is 5.41 Å². The van der Waals surface area contributed by atoms with Crippen LogP contribution in [0.3, 0.4) is 0 Å². The third kappa shape index (κ3) is 5.96. The Kier molecular flexibility index (Phi) is 6.62. The molecule has 1 heterocycles. The first-order chi connectivity index (χ1) is 15.3. The summed E-state index contributed by atoms with van der Waals surface area (Å²) in [5.41, 5.74) is 1.42. The molecule has 0 saturated carbocycles. The van der Waals surface area contributed by atoms with Crippen molar-refractivity contribution in [3.05, 3.63) is 60.4 Å². The van der Waals surface area contributed by atoms with E-state index in [1.807, 2.05) is 26.8 Å². The minimum Gasteiger partial charge on any atom is -0.465 e. The summed E-state index contributed by atoms with van der Waals surface area (Å²) in [6.07, 6.45) is 0.447. The molecule has 0 aliphatic carbocycles. The number of H-pyrrole nitrogens is 1. The Labute approximate surface area is 193 Å². The fourth-order valence-electron chi connectivity index (χ4n) is 3.37. The van der Waals surface area contributed by atoms with Crippen LogP contribution in [0.15, 0.2) is 59.6 Å². The summed E-state index contributed by atoms with van der Waals surface area (Å²) in [7, 11) is -3.81. The monoisotopic (exact) mass is 471 g/mol. The molecule has 0 unspecified atom stereocenters. The lowest BCUT2D eigenvalue weighted by Gasteiger charge is -2.28. The van der Waals surface area contributed by atoms with Gasteiger partial charge in [-0.3, -0.25) is 4.90 Å². The Hall–Kier alpha value is -3.24. The van der Waals surface area contributed by atoms with Crippen LogP contribution in [-0.2, 0) is 15.6 Å². The fourth-order valence-corrected chi connectivity index (χ4v) is 4.76. The highest BCUT2D eigenvalue weighted by molar-refractivity contribution is 7.89. The first-order valence-electron chi connectivity index (χ1n) is 10.4. The third-order valence-electron chi connectivity index (χ3n) is 4.96. The molecule has 1 aromatic heterocycles. The molecule has 0 saturated heterocycles. The molecule has 0 aliphatic rings. The fraction of sp³-hybridized carbons (Fsp3) is 0.348. The van der Waals surface area contributed by atoms with E-state index in [1.54, 1.807) is 44.2 Å². The second kappa shape index (κ2) is 8.95.